The van der Waals surface area contributed by atoms with Crippen molar-refractivity contribution in [3.63, 3.8) is 0 Å². The molecule has 2 aliphatic rings. The van der Waals surface area contributed by atoms with Crippen molar-refractivity contribution in [3.8, 4) is 0 Å². The fourth-order valence-corrected chi connectivity index (χ4v) is 4.58. The summed E-state index contributed by atoms with van der Waals surface area (Å²) in [5.41, 5.74) is 0. The van der Waals surface area contributed by atoms with Crippen LogP contribution in [-0.2, 0) is 10.2 Å². The monoisotopic (exact) mass is 275 g/mol. The molecule has 1 N–H and O–H groups in total. The maximum absolute atomic E-state index is 12.6. The molecule has 2 atom stereocenters. The molecule has 2 fully saturated rings. The first-order valence-electron chi connectivity index (χ1n) is 6.91. The number of rotatable bonds is 2. The van der Waals surface area contributed by atoms with E-state index in [1.165, 1.54) is 0 Å². The molecule has 0 radical (unpaired) electrons. The molecule has 0 spiro atoms. The average molecular weight is 275 g/mol. The largest absolute Gasteiger partial charge is 0.311 e. The molecule has 0 aromatic heterocycles. The van der Waals surface area contributed by atoms with Crippen molar-refractivity contribution in [2.45, 2.75) is 45.7 Å². The summed E-state index contributed by atoms with van der Waals surface area (Å²) in [4.78, 5) is 0. The zero-order valence-corrected chi connectivity index (χ0v) is 12.4. The minimum absolute atomic E-state index is 0.0468. The van der Waals surface area contributed by atoms with Crippen LogP contribution >= 0.6 is 0 Å². The van der Waals surface area contributed by atoms with E-state index in [0.717, 1.165) is 19.4 Å². The number of hydrogen-bond donors (Lipinski definition) is 1. The summed E-state index contributed by atoms with van der Waals surface area (Å²) in [5, 5.41) is 3.32. The highest BCUT2D eigenvalue weighted by Crippen LogP contribution is 2.23. The first-order chi connectivity index (χ1) is 8.41. The third-order valence-corrected chi connectivity index (χ3v) is 6.19. The normalized spacial score (nSPS) is 33.7. The van der Waals surface area contributed by atoms with Gasteiger partial charge in [0.2, 0.25) is 0 Å². The number of nitrogens with zero attached hydrogens (tertiary/aromatic N) is 2. The summed E-state index contributed by atoms with van der Waals surface area (Å²) in [6, 6.07) is 0.283. The van der Waals surface area contributed by atoms with Crippen LogP contribution in [0.4, 0.5) is 0 Å². The van der Waals surface area contributed by atoms with Gasteiger partial charge in [0.05, 0.1) is 0 Å². The molecule has 0 amide bonds. The molecule has 0 saturated carbocycles. The van der Waals surface area contributed by atoms with E-state index in [9.17, 15) is 8.42 Å². The van der Waals surface area contributed by atoms with E-state index in [1.54, 1.807) is 8.61 Å². The van der Waals surface area contributed by atoms with Gasteiger partial charge in [0.1, 0.15) is 0 Å². The fraction of sp³-hybridized carbons (Fsp3) is 1.00. The molecule has 0 aliphatic carbocycles. The molecule has 2 aliphatic heterocycles. The summed E-state index contributed by atoms with van der Waals surface area (Å²) in [6.45, 7) is 8.87. The Bertz CT molecular complexity index is 377. The zero-order chi connectivity index (χ0) is 13.3. The maximum Gasteiger partial charge on any atom is 0.282 e. The van der Waals surface area contributed by atoms with Gasteiger partial charge in [-0.25, -0.2) is 0 Å². The van der Waals surface area contributed by atoms with Crippen molar-refractivity contribution in [1.82, 2.24) is 13.9 Å². The van der Waals surface area contributed by atoms with E-state index in [1.807, 2.05) is 13.8 Å². The highest BCUT2D eigenvalue weighted by molar-refractivity contribution is 7.86. The van der Waals surface area contributed by atoms with E-state index in [-0.39, 0.29) is 12.1 Å². The molecule has 2 rings (SSSR count). The quantitative estimate of drug-likeness (QED) is 0.805. The van der Waals surface area contributed by atoms with Gasteiger partial charge < -0.3 is 5.32 Å². The van der Waals surface area contributed by atoms with Crippen LogP contribution in [0, 0.1) is 5.92 Å². The van der Waals surface area contributed by atoms with Gasteiger partial charge in [-0.05, 0) is 32.6 Å². The molecule has 2 saturated heterocycles. The fourth-order valence-electron chi connectivity index (χ4n) is 2.67. The number of piperazine rings is 1. The van der Waals surface area contributed by atoms with E-state index >= 15 is 0 Å². The Morgan fingerprint density at radius 2 is 1.72 bits per heavy atom. The Labute approximate surface area is 111 Å². The van der Waals surface area contributed by atoms with Crippen molar-refractivity contribution in [2.24, 2.45) is 5.92 Å². The zero-order valence-electron chi connectivity index (χ0n) is 11.6. The molecule has 18 heavy (non-hydrogen) atoms. The molecule has 6 heteroatoms. The minimum atomic E-state index is -3.26. The third kappa shape index (κ3) is 2.87. The molecule has 2 heterocycles. The van der Waals surface area contributed by atoms with E-state index < -0.39 is 10.2 Å². The molecule has 5 nitrogen and oxygen atoms in total. The molecule has 0 aromatic rings. The van der Waals surface area contributed by atoms with Crippen molar-refractivity contribution in [1.29, 1.82) is 0 Å². The predicted molar refractivity (Wildman–Crippen MR) is 72.5 cm³/mol. The van der Waals surface area contributed by atoms with Crippen molar-refractivity contribution < 1.29 is 8.42 Å². The van der Waals surface area contributed by atoms with Gasteiger partial charge in [0, 0.05) is 38.3 Å². The third-order valence-electron chi connectivity index (χ3n) is 4.07. The van der Waals surface area contributed by atoms with Crippen LogP contribution in [0.5, 0.6) is 0 Å². The predicted octanol–water partition coefficient (Wildman–Crippen LogP) is 0.645. The Hall–Kier alpha value is -0.170. The lowest BCUT2D eigenvalue weighted by Gasteiger charge is -2.40. The van der Waals surface area contributed by atoms with Crippen LogP contribution in [-0.4, -0.2) is 55.3 Å². The lowest BCUT2D eigenvalue weighted by molar-refractivity contribution is 0.210. The van der Waals surface area contributed by atoms with Gasteiger partial charge in [-0.3, -0.25) is 0 Å². The second kappa shape index (κ2) is 5.45. The van der Waals surface area contributed by atoms with Crippen LogP contribution in [0.15, 0.2) is 0 Å². The highest BCUT2D eigenvalue weighted by Gasteiger charge is 2.37. The summed E-state index contributed by atoms with van der Waals surface area (Å²) < 4.78 is 28.6. The van der Waals surface area contributed by atoms with Gasteiger partial charge in [-0.2, -0.15) is 17.0 Å². The van der Waals surface area contributed by atoms with Gasteiger partial charge >= 0.3 is 0 Å². The standard InChI is InChI=1S/C12H25N3O2S/c1-10-4-6-14(7-5-10)18(16,17)15-9-11(2)13-8-12(15)3/h10-13H,4-9H2,1-3H3. The molecular formula is C12H25N3O2S. The second-order valence-electron chi connectivity index (χ2n) is 5.82. The smallest absolute Gasteiger partial charge is 0.282 e. The van der Waals surface area contributed by atoms with Crippen LogP contribution in [0.2, 0.25) is 0 Å². The van der Waals surface area contributed by atoms with E-state index in [4.69, 9.17) is 0 Å². The molecule has 0 aromatic carbocycles. The lowest BCUT2D eigenvalue weighted by atomic mass is 10.0. The first-order valence-corrected chi connectivity index (χ1v) is 8.31. The number of hydrogen-bond acceptors (Lipinski definition) is 3. The minimum Gasteiger partial charge on any atom is -0.311 e. The van der Waals surface area contributed by atoms with E-state index in [2.05, 4.69) is 12.2 Å². The molecule has 0 bridgehead atoms. The van der Waals surface area contributed by atoms with Gasteiger partial charge in [0.15, 0.2) is 0 Å². The Morgan fingerprint density at radius 1 is 1.11 bits per heavy atom. The first kappa shape index (κ1) is 14.2. The summed E-state index contributed by atoms with van der Waals surface area (Å²) >= 11 is 0. The van der Waals surface area contributed by atoms with Gasteiger partial charge in [-0.15, -0.1) is 0 Å². The Balaban J connectivity index is 2.09. The SMILES string of the molecule is CC1CCN(S(=O)(=O)N2CC(C)NCC2C)CC1. The number of piperidine rings is 1. The van der Waals surface area contributed by atoms with Crippen LogP contribution in [0.1, 0.15) is 33.6 Å². The van der Waals surface area contributed by atoms with Gasteiger partial charge in [-0.1, -0.05) is 6.92 Å². The lowest BCUT2D eigenvalue weighted by Crippen LogP contribution is -2.59. The van der Waals surface area contributed by atoms with Crippen LogP contribution < -0.4 is 5.32 Å². The van der Waals surface area contributed by atoms with Gasteiger partial charge in [0.25, 0.3) is 10.2 Å². The van der Waals surface area contributed by atoms with Crippen molar-refractivity contribution in [2.75, 3.05) is 26.2 Å². The summed E-state index contributed by atoms with van der Waals surface area (Å²) in [5.74, 6) is 0.649. The Kier molecular flexibility index (Phi) is 4.31. The number of nitrogens with one attached hydrogen (secondary N) is 1. The van der Waals surface area contributed by atoms with Crippen molar-refractivity contribution in [3.05, 3.63) is 0 Å². The summed E-state index contributed by atoms with van der Waals surface area (Å²) in [6.07, 6.45) is 1.96. The molecular weight excluding hydrogens is 250 g/mol. The second-order valence-corrected chi connectivity index (χ2v) is 7.70. The average Bonchev–Trinajstić information content (AvgIpc) is 2.32. The molecule has 106 valence electrons. The summed E-state index contributed by atoms with van der Waals surface area (Å²) in [7, 11) is -3.26. The maximum atomic E-state index is 12.6. The van der Waals surface area contributed by atoms with Crippen LogP contribution in [0.25, 0.3) is 0 Å². The molecule has 2 unspecified atom stereocenters. The van der Waals surface area contributed by atoms with E-state index in [0.29, 0.717) is 25.6 Å². The van der Waals surface area contributed by atoms with Crippen molar-refractivity contribution >= 4 is 10.2 Å². The van der Waals surface area contributed by atoms with Crippen LogP contribution in [0.3, 0.4) is 0 Å². The highest BCUT2D eigenvalue weighted by atomic mass is 32.2. The topological polar surface area (TPSA) is 52.7 Å². The Morgan fingerprint density at radius 3 is 2.33 bits per heavy atom.